The Morgan fingerprint density at radius 1 is 1.20 bits per heavy atom. The highest BCUT2D eigenvalue weighted by atomic mass is 16.5. The van der Waals surface area contributed by atoms with Crippen LogP contribution in [0.1, 0.15) is 25.1 Å². The summed E-state index contributed by atoms with van der Waals surface area (Å²) in [6.07, 6.45) is 1.91. The van der Waals surface area contributed by atoms with Crippen molar-refractivity contribution in [1.29, 1.82) is 0 Å². The lowest BCUT2D eigenvalue weighted by Crippen LogP contribution is -2.35. The quantitative estimate of drug-likeness (QED) is 0.739. The van der Waals surface area contributed by atoms with Gasteiger partial charge in [-0.25, -0.2) is 0 Å². The van der Waals surface area contributed by atoms with E-state index in [1.165, 1.54) is 0 Å². The molecular weight excluding hydrogens is 194 g/mol. The van der Waals surface area contributed by atoms with E-state index in [0.29, 0.717) is 0 Å². The molecule has 0 aliphatic carbocycles. The van der Waals surface area contributed by atoms with E-state index >= 15 is 0 Å². The number of aryl methyl sites for hydroxylation is 1. The Bertz CT molecular complexity index is 295. The minimum absolute atomic E-state index is 0.723. The molecule has 1 fully saturated rings. The summed E-state index contributed by atoms with van der Waals surface area (Å²) in [7, 11) is 0. The molecular formula is C10H17N3O2. The second-order valence-corrected chi connectivity index (χ2v) is 3.73. The highest BCUT2D eigenvalue weighted by molar-refractivity contribution is 4.82. The maximum Gasteiger partial charge on any atom is 0.230 e. The summed E-state index contributed by atoms with van der Waals surface area (Å²) in [6, 6.07) is 0. The number of nitrogens with zero attached hydrogens (tertiary/aromatic N) is 3. The van der Waals surface area contributed by atoms with E-state index < -0.39 is 0 Å². The van der Waals surface area contributed by atoms with Crippen LogP contribution in [0.3, 0.4) is 0 Å². The van der Waals surface area contributed by atoms with Crippen molar-refractivity contribution in [1.82, 2.24) is 15.1 Å². The van der Waals surface area contributed by atoms with Crippen molar-refractivity contribution in [3.8, 4) is 0 Å². The predicted octanol–water partition coefficient (Wildman–Crippen LogP) is 0.854. The van der Waals surface area contributed by atoms with E-state index in [-0.39, 0.29) is 0 Å². The fourth-order valence-electron chi connectivity index (χ4n) is 1.62. The third-order valence-corrected chi connectivity index (χ3v) is 2.44. The molecule has 1 aromatic rings. The van der Waals surface area contributed by atoms with Crippen LogP contribution in [0.5, 0.6) is 0 Å². The Labute approximate surface area is 89.4 Å². The number of aromatic nitrogens is 2. The van der Waals surface area contributed by atoms with Crippen molar-refractivity contribution in [3.05, 3.63) is 11.8 Å². The molecule has 1 aromatic heterocycles. The smallest absolute Gasteiger partial charge is 0.230 e. The van der Waals surface area contributed by atoms with E-state index in [9.17, 15) is 0 Å². The Morgan fingerprint density at radius 2 is 1.93 bits per heavy atom. The van der Waals surface area contributed by atoms with Crippen molar-refractivity contribution in [3.63, 3.8) is 0 Å². The van der Waals surface area contributed by atoms with Gasteiger partial charge in [-0.1, -0.05) is 6.92 Å². The van der Waals surface area contributed by atoms with Gasteiger partial charge in [-0.05, 0) is 6.42 Å². The van der Waals surface area contributed by atoms with E-state index in [2.05, 4.69) is 22.0 Å². The molecule has 15 heavy (non-hydrogen) atoms. The lowest BCUT2D eigenvalue weighted by atomic mass is 10.3. The first kappa shape index (κ1) is 10.6. The zero-order valence-electron chi connectivity index (χ0n) is 9.11. The summed E-state index contributed by atoms with van der Waals surface area (Å²) >= 11 is 0. The highest BCUT2D eigenvalue weighted by Gasteiger charge is 2.14. The molecule has 84 valence electrons. The van der Waals surface area contributed by atoms with Crippen LogP contribution in [0.4, 0.5) is 0 Å². The lowest BCUT2D eigenvalue weighted by Gasteiger charge is -2.24. The van der Waals surface area contributed by atoms with Crippen LogP contribution in [0.2, 0.25) is 0 Å². The van der Waals surface area contributed by atoms with Gasteiger partial charge in [-0.3, -0.25) is 4.90 Å². The van der Waals surface area contributed by atoms with E-state index in [0.717, 1.165) is 57.5 Å². The van der Waals surface area contributed by atoms with Crippen molar-refractivity contribution >= 4 is 0 Å². The maximum atomic E-state index is 5.52. The molecule has 2 rings (SSSR count). The van der Waals surface area contributed by atoms with Gasteiger partial charge in [0.05, 0.1) is 19.8 Å². The third-order valence-electron chi connectivity index (χ3n) is 2.44. The molecule has 0 atom stereocenters. The van der Waals surface area contributed by atoms with Crippen LogP contribution in [0.15, 0.2) is 4.42 Å². The second-order valence-electron chi connectivity index (χ2n) is 3.73. The van der Waals surface area contributed by atoms with Gasteiger partial charge in [0, 0.05) is 19.5 Å². The first-order valence-corrected chi connectivity index (χ1v) is 5.50. The van der Waals surface area contributed by atoms with Gasteiger partial charge in [-0.2, -0.15) is 0 Å². The van der Waals surface area contributed by atoms with E-state index in [1.807, 2.05) is 0 Å². The Morgan fingerprint density at radius 3 is 2.67 bits per heavy atom. The zero-order valence-corrected chi connectivity index (χ0v) is 9.11. The minimum Gasteiger partial charge on any atom is -0.424 e. The van der Waals surface area contributed by atoms with Crippen molar-refractivity contribution < 1.29 is 9.15 Å². The monoisotopic (exact) mass is 211 g/mol. The molecule has 1 aliphatic rings. The van der Waals surface area contributed by atoms with Gasteiger partial charge in [0.25, 0.3) is 0 Å². The van der Waals surface area contributed by atoms with Crippen LogP contribution in [-0.2, 0) is 17.7 Å². The normalized spacial score (nSPS) is 18.2. The van der Waals surface area contributed by atoms with Gasteiger partial charge in [0.2, 0.25) is 11.8 Å². The highest BCUT2D eigenvalue weighted by Crippen LogP contribution is 2.07. The maximum absolute atomic E-state index is 5.52. The fraction of sp³-hybridized carbons (Fsp3) is 0.800. The molecule has 0 unspecified atom stereocenters. The standard InChI is InChI=1S/C10H17N3O2/c1-2-3-9-11-12-10(15-9)8-13-4-6-14-7-5-13/h2-8H2,1H3. The van der Waals surface area contributed by atoms with Gasteiger partial charge in [0.1, 0.15) is 0 Å². The van der Waals surface area contributed by atoms with Crippen molar-refractivity contribution in [2.45, 2.75) is 26.3 Å². The molecule has 1 aliphatic heterocycles. The van der Waals surface area contributed by atoms with Crippen LogP contribution in [0, 0.1) is 0 Å². The molecule has 0 aromatic carbocycles. The molecule has 0 amide bonds. The molecule has 5 heteroatoms. The van der Waals surface area contributed by atoms with Crippen LogP contribution in [0.25, 0.3) is 0 Å². The largest absolute Gasteiger partial charge is 0.424 e. The number of ether oxygens (including phenoxy) is 1. The van der Waals surface area contributed by atoms with Gasteiger partial charge >= 0.3 is 0 Å². The van der Waals surface area contributed by atoms with E-state index in [4.69, 9.17) is 9.15 Å². The van der Waals surface area contributed by atoms with Gasteiger partial charge in [-0.15, -0.1) is 10.2 Å². The van der Waals surface area contributed by atoms with Gasteiger partial charge < -0.3 is 9.15 Å². The third kappa shape index (κ3) is 3.00. The molecule has 2 heterocycles. The molecule has 0 bridgehead atoms. The molecule has 0 saturated carbocycles. The van der Waals surface area contributed by atoms with Crippen LogP contribution >= 0.6 is 0 Å². The van der Waals surface area contributed by atoms with E-state index in [1.54, 1.807) is 0 Å². The second kappa shape index (κ2) is 5.23. The number of hydrogen-bond donors (Lipinski definition) is 0. The fourth-order valence-corrected chi connectivity index (χ4v) is 1.62. The predicted molar refractivity (Wildman–Crippen MR) is 54.4 cm³/mol. The number of rotatable bonds is 4. The molecule has 5 nitrogen and oxygen atoms in total. The summed E-state index contributed by atoms with van der Waals surface area (Å²) in [5.74, 6) is 1.47. The Kier molecular flexibility index (Phi) is 3.69. The SMILES string of the molecule is CCCc1nnc(CN2CCOCC2)o1. The minimum atomic E-state index is 0.723. The molecule has 0 radical (unpaired) electrons. The number of hydrogen-bond acceptors (Lipinski definition) is 5. The Hall–Kier alpha value is -0.940. The zero-order chi connectivity index (χ0) is 10.5. The van der Waals surface area contributed by atoms with Crippen LogP contribution in [-0.4, -0.2) is 41.4 Å². The number of morpholine rings is 1. The first-order chi connectivity index (χ1) is 7.38. The first-order valence-electron chi connectivity index (χ1n) is 5.50. The Balaban J connectivity index is 1.86. The summed E-state index contributed by atoms with van der Waals surface area (Å²) < 4.78 is 10.8. The van der Waals surface area contributed by atoms with Crippen LogP contribution < -0.4 is 0 Å². The molecule has 0 spiro atoms. The summed E-state index contributed by atoms with van der Waals surface area (Å²) in [5.41, 5.74) is 0. The lowest BCUT2D eigenvalue weighted by molar-refractivity contribution is 0.0304. The molecule has 1 saturated heterocycles. The average Bonchev–Trinajstić information content (AvgIpc) is 2.68. The average molecular weight is 211 g/mol. The summed E-state index contributed by atoms with van der Waals surface area (Å²) in [5, 5.41) is 8.03. The summed E-state index contributed by atoms with van der Waals surface area (Å²) in [4.78, 5) is 2.27. The topological polar surface area (TPSA) is 51.4 Å². The molecule has 0 N–H and O–H groups in total. The summed E-state index contributed by atoms with van der Waals surface area (Å²) in [6.45, 7) is 6.36. The van der Waals surface area contributed by atoms with Crippen molar-refractivity contribution in [2.24, 2.45) is 0 Å². The van der Waals surface area contributed by atoms with Crippen molar-refractivity contribution in [2.75, 3.05) is 26.3 Å². The van der Waals surface area contributed by atoms with Gasteiger partial charge in [0.15, 0.2) is 0 Å².